The minimum absolute atomic E-state index is 0.0606. The van der Waals surface area contributed by atoms with Crippen LogP contribution < -0.4 is 18.9 Å². The molecule has 1 heterocycles. The maximum absolute atomic E-state index is 12.7. The Kier molecular flexibility index (Phi) is 6.52. The van der Waals surface area contributed by atoms with Crippen LogP contribution in [-0.2, 0) is 32.3 Å². The second kappa shape index (κ2) is 9.15. The monoisotopic (exact) mass is 466 g/mol. The minimum atomic E-state index is -3.69. The normalized spacial score (nSPS) is 17.0. The van der Waals surface area contributed by atoms with E-state index in [4.69, 9.17) is 9.47 Å². The summed E-state index contributed by atoms with van der Waals surface area (Å²) in [5, 5.41) is 0. The Morgan fingerprint density at radius 1 is 0.871 bits per heavy atom. The van der Waals surface area contributed by atoms with E-state index >= 15 is 0 Å². The maximum atomic E-state index is 12.7. The molecule has 0 bridgehead atoms. The number of fused-ring (bicyclic) bond motifs is 1. The van der Waals surface area contributed by atoms with E-state index in [-0.39, 0.29) is 30.0 Å². The Bertz CT molecular complexity index is 1140. The van der Waals surface area contributed by atoms with Gasteiger partial charge in [-0.25, -0.2) is 26.3 Å². The van der Waals surface area contributed by atoms with Crippen LogP contribution in [0.4, 0.5) is 0 Å². The number of rotatable bonds is 8. The Labute approximate surface area is 183 Å². The standard InChI is InChI=1S/C21H26N2O6S2/c24-30(25,22-13-16-9-10-20-21(12-16)29-15-28-20)14-17-5-4-8-19(11-17)31(26,27)23-18-6-2-1-3-7-18/h4-5,8-12,18,22-23H,1-3,6-7,13-15H2. The van der Waals surface area contributed by atoms with Crippen LogP contribution in [0.5, 0.6) is 11.5 Å². The average molecular weight is 467 g/mol. The van der Waals surface area contributed by atoms with Crippen LogP contribution in [-0.4, -0.2) is 29.7 Å². The smallest absolute Gasteiger partial charge is 0.240 e. The number of hydrogen-bond donors (Lipinski definition) is 2. The first-order chi connectivity index (χ1) is 14.8. The predicted octanol–water partition coefficient (Wildman–Crippen LogP) is 2.65. The zero-order valence-corrected chi connectivity index (χ0v) is 18.7. The first kappa shape index (κ1) is 22.1. The first-order valence-electron chi connectivity index (χ1n) is 10.3. The van der Waals surface area contributed by atoms with Crippen LogP contribution >= 0.6 is 0 Å². The van der Waals surface area contributed by atoms with Gasteiger partial charge in [-0.15, -0.1) is 0 Å². The number of benzene rings is 2. The molecular formula is C21H26N2O6S2. The molecule has 0 amide bonds. The van der Waals surface area contributed by atoms with Gasteiger partial charge in [0.1, 0.15) is 0 Å². The average Bonchev–Trinajstić information content (AvgIpc) is 3.21. The van der Waals surface area contributed by atoms with E-state index in [0.717, 1.165) is 37.7 Å². The summed E-state index contributed by atoms with van der Waals surface area (Å²) in [6, 6.07) is 11.3. The van der Waals surface area contributed by atoms with Gasteiger partial charge in [0.25, 0.3) is 0 Å². The van der Waals surface area contributed by atoms with Gasteiger partial charge in [-0.1, -0.05) is 37.5 Å². The number of ether oxygens (including phenoxy) is 2. The molecule has 0 unspecified atom stereocenters. The molecule has 2 aromatic carbocycles. The fraction of sp³-hybridized carbons (Fsp3) is 0.429. The molecule has 2 N–H and O–H groups in total. The van der Waals surface area contributed by atoms with Crippen molar-refractivity contribution in [1.82, 2.24) is 9.44 Å². The number of sulfonamides is 2. The van der Waals surface area contributed by atoms with E-state index in [9.17, 15) is 16.8 Å². The highest BCUT2D eigenvalue weighted by molar-refractivity contribution is 7.89. The van der Waals surface area contributed by atoms with Crippen LogP contribution in [0.15, 0.2) is 47.4 Å². The third-order valence-electron chi connectivity index (χ3n) is 5.43. The Morgan fingerprint density at radius 3 is 2.45 bits per heavy atom. The van der Waals surface area contributed by atoms with Crippen molar-refractivity contribution in [2.24, 2.45) is 0 Å². The third-order valence-corrected chi connectivity index (χ3v) is 8.24. The Morgan fingerprint density at radius 2 is 1.65 bits per heavy atom. The fourth-order valence-electron chi connectivity index (χ4n) is 3.82. The van der Waals surface area contributed by atoms with E-state index in [2.05, 4.69) is 9.44 Å². The van der Waals surface area contributed by atoms with Crippen molar-refractivity contribution in [3.63, 3.8) is 0 Å². The summed E-state index contributed by atoms with van der Waals surface area (Å²) >= 11 is 0. The van der Waals surface area contributed by atoms with Gasteiger partial charge in [0.05, 0.1) is 10.6 Å². The van der Waals surface area contributed by atoms with Crippen molar-refractivity contribution < 1.29 is 26.3 Å². The van der Waals surface area contributed by atoms with Crippen molar-refractivity contribution in [1.29, 1.82) is 0 Å². The SMILES string of the molecule is O=S(=O)(Cc1cccc(S(=O)(=O)NC2CCCCC2)c1)NCc1ccc2c(c1)OCO2. The quantitative estimate of drug-likeness (QED) is 0.619. The lowest BCUT2D eigenvalue weighted by atomic mass is 9.96. The van der Waals surface area contributed by atoms with Gasteiger partial charge < -0.3 is 9.47 Å². The first-order valence-corrected chi connectivity index (χ1v) is 13.4. The highest BCUT2D eigenvalue weighted by Crippen LogP contribution is 2.32. The summed E-state index contributed by atoms with van der Waals surface area (Å²) < 4.78 is 66.4. The van der Waals surface area contributed by atoms with Crippen LogP contribution in [0.1, 0.15) is 43.2 Å². The lowest BCUT2D eigenvalue weighted by Gasteiger charge is -2.22. The van der Waals surface area contributed by atoms with Gasteiger partial charge in [0.2, 0.25) is 26.8 Å². The van der Waals surface area contributed by atoms with Crippen molar-refractivity contribution in [2.45, 2.75) is 55.3 Å². The topological polar surface area (TPSA) is 111 Å². The molecule has 2 aliphatic rings. The van der Waals surface area contributed by atoms with Gasteiger partial charge in [0.15, 0.2) is 11.5 Å². The summed E-state index contributed by atoms with van der Waals surface area (Å²) in [5.41, 5.74) is 1.14. The summed E-state index contributed by atoms with van der Waals surface area (Å²) in [7, 11) is -7.36. The number of nitrogens with one attached hydrogen (secondary N) is 2. The molecule has 0 spiro atoms. The second-order valence-electron chi connectivity index (χ2n) is 7.87. The summed E-state index contributed by atoms with van der Waals surface area (Å²) in [5.74, 6) is 0.899. The molecule has 1 aliphatic carbocycles. The molecule has 0 radical (unpaired) electrons. The molecule has 1 fully saturated rings. The highest BCUT2D eigenvalue weighted by atomic mass is 32.2. The van der Waals surface area contributed by atoms with Crippen molar-refractivity contribution in [3.05, 3.63) is 53.6 Å². The zero-order chi connectivity index (χ0) is 21.9. The third kappa shape index (κ3) is 5.76. The molecule has 168 valence electrons. The van der Waals surface area contributed by atoms with Crippen molar-refractivity contribution >= 4 is 20.0 Å². The van der Waals surface area contributed by atoms with Gasteiger partial charge in [-0.05, 0) is 48.2 Å². The lowest BCUT2D eigenvalue weighted by molar-refractivity contribution is 0.174. The van der Waals surface area contributed by atoms with Crippen LogP contribution in [0, 0.1) is 0 Å². The van der Waals surface area contributed by atoms with Gasteiger partial charge >= 0.3 is 0 Å². The molecule has 8 nitrogen and oxygen atoms in total. The van der Waals surface area contributed by atoms with Crippen LogP contribution in [0.3, 0.4) is 0 Å². The molecule has 0 aromatic heterocycles. The molecular weight excluding hydrogens is 440 g/mol. The van der Waals surface area contributed by atoms with Crippen LogP contribution in [0.2, 0.25) is 0 Å². The fourth-order valence-corrected chi connectivity index (χ4v) is 6.31. The van der Waals surface area contributed by atoms with Gasteiger partial charge in [-0.3, -0.25) is 0 Å². The van der Waals surface area contributed by atoms with E-state index in [1.54, 1.807) is 30.3 Å². The van der Waals surface area contributed by atoms with Gasteiger partial charge in [-0.2, -0.15) is 0 Å². The lowest BCUT2D eigenvalue weighted by Crippen LogP contribution is -2.36. The molecule has 0 atom stereocenters. The zero-order valence-electron chi connectivity index (χ0n) is 17.0. The van der Waals surface area contributed by atoms with Crippen molar-refractivity contribution in [2.75, 3.05) is 6.79 Å². The maximum Gasteiger partial charge on any atom is 0.240 e. The molecule has 1 saturated carbocycles. The molecule has 4 rings (SSSR count). The molecule has 10 heteroatoms. The molecule has 31 heavy (non-hydrogen) atoms. The van der Waals surface area contributed by atoms with E-state index < -0.39 is 20.0 Å². The van der Waals surface area contributed by atoms with E-state index in [1.165, 1.54) is 12.1 Å². The second-order valence-corrected chi connectivity index (χ2v) is 11.4. The minimum Gasteiger partial charge on any atom is -0.454 e. The Hall–Kier alpha value is -2.14. The van der Waals surface area contributed by atoms with Crippen LogP contribution in [0.25, 0.3) is 0 Å². The van der Waals surface area contributed by atoms with E-state index in [0.29, 0.717) is 17.1 Å². The number of hydrogen-bond acceptors (Lipinski definition) is 6. The van der Waals surface area contributed by atoms with E-state index in [1.807, 2.05) is 0 Å². The summed E-state index contributed by atoms with van der Waals surface area (Å²) in [6.45, 7) is 0.250. The Balaban J connectivity index is 1.40. The highest BCUT2D eigenvalue weighted by Gasteiger charge is 2.23. The largest absolute Gasteiger partial charge is 0.454 e. The predicted molar refractivity (Wildman–Crippen MR) is 116 cm³/mol. The summed E-state index contributed by atoms with van der Waals surface area (Å²) in [4.78, 5) is 0.0848. The molecule has 0 saturated heterocycles. The summed E-state index contributed by atoms with van der Waals surface area (Å²) in [6.07, 6.45) is 4.82. The van der Waals surface area contributed by atoms with Crippen molar-refractivity contribution in [3.8, 4) is 11.5 Å². The molecule has 1 aliphatic heterocycles. The van der Waals surface area contributed by atoms with Gasteiger partial charge in [0, 0.05) is 12.6 Å². The molecule has 2 aromatic rings.